The highest BCUT2D eigenvalue weighted by Crippen LogP contribution is 2.28. The van der Waals surface area contributed by atoms with Gasteiger partial charge in [0.15, 0.2) is 0 Å². The fraction of sp³-hybridized carbons (Fsp3) is 0.538. The monoisotopic (exact) mass is 299 g/mol. The lowest BCUT2D eigenvalue weighted by atomic mass is 10.2. The van der Waals surface area contributed by atoms with Gasteiger partial charge < -0.3 is 5.32 Å². The van der Waals surface area contributed by atoms with Crippen LogP contribution in [-0.4, -0.2) is 17.5 Å². The first-order chi connectivity index (χ1) is 7.79. The van der Waals surface area contributed by atoms with Crippen molar-refractivity contribution in [3.05, 3.63) is 34.3 Å². The predicted molar refractivity (Wildman–Crippen MR) is 75.9 cm³/mol. The number of benzene rings is 1. The summed E-state index contributed by atoms with van der Waals surface area (Å²) in [6.45, 7) is 0.979. The minimum atomic E-state index is 0.713. The van der Waals surface area contributed by atoms with Gasteiger partial charge in [-0.05, 0) is 37.1 Å². The van der Waals surface area contributed by atoms with Crippen molar-refractivity contribution in [2.75, 3.05) is 6.26 Å². The average Bonchev–Trinajstić information content (AvgIpc) is 2.76. The molecule has 1 aliphatic carbocycles. The summed E-state index contributed by atoms with van der Waals surface area (Å²) in [5, 5.41) is 4.53. The number of rotatable bonds is 4. The van der Waals surface area contributed by atoms with E-state index in [0.717, 1.165) is 11.8 Å². The minimum Gasteiger partial charge on any atom is -0.310 e. The van der Waals surface area contributed by atoms with Crippen LogP contribution >= 0.6 is 27.7 Å². The lowest BCUT2D eigenvalue weighted by Crippen LogP contribution is -2.26. The minimum absolute atomic E-state index is 0.713. The highest BCUT2D eigenvalue weighted by molar-refractivity contribution is 9.10. The van der Waals surface area contributed by atoms with Gasteiger partial charge in [-0.2, -0.15) is 11.8 Å². The predicted octanol–water partition coefficient (Wildman–Crippen LogP) is 3.82. The number of hydrogen-bond acceptors (Lipinski definition) is 2. The quantitative estimate of drug-likeness (QED) is 0.907. The largest absolute Gasteiger partial charge is 0.310 e. The molecule has 0 spiro atoms. The SMILES string of the molecule is CSC1CCC(NCc2ccccc2Br)C1. The summed E-state index contributed by atoms with van der Waals surface area (Å²) in [4.78, 5) is 0. The molecule has 0 radical (unpaired) electrons. The summed E-state index contributed by atoms with van der Waals surface area (Å²) < 4.78 is 1.21. The molecule has 2 rings (SSSR count). The summed E-state index contributed by atoms with van der Waals surface area (Å²) in [5.74, 6) is 0. The standard InChI is InChI=1S/C13H18BrNS/c1-16-12-7-6-11(8-12)15-9-10-4-2-3-5-13(10)14/h2-5,11-12,15H,6-9H2,1H3. The van der Waals surface area contributed by atoms with E-state index in [-0.39, 0.29) is 0 Å². The van der Waals surface area contributed by atoms with Crippen LogP contribution in [0.3, 0.4) is 0 Å². The van der Waals surface area contributed by atoms with E-state index in [2.05, 4.69) is 51.8 Å². The van der Waals surface area contributed by atoms with Gasteiger partial charge >= 0.3 is 0 Å². The second-order valence-electron chi connectivity index (χ2n) is 4.34. The van der Waals surface area contributed by atoms with E-state index in [1.165, 1.54) is 29.3 Å². The Kier molecular flexibility index (Phi) is 4.74. The van der Waals surface area contributed by atoms with E-state index in [1.54, 1.807) is 0 Å². The molecule has 0 bridgehead atoms. The van der Waals surface area contributed by atoms with Crippen LogP contribution in [0.25, 0.3) is 0 Å². The van der Waals surface area contributed by atoms with Crippen molar-refractivity contribution in [1.82, 2.24) is 5.32 Å². The van der Waals surface area contributed by atoms with Crippen LogP contribution in [0.5, 0.6) is 0 Å². The molecule has 0 aromatic heterocycles. The Bertz CT molecular complexity index is 342. The molecule has 0 amide bonds. The first kappa shape index (κ1) is 12.5. The molecule has 1 aliphatic rings. The maximum absolute atomic E-state index is 3.66. The van der Waals surface area contributed by atoms with Crippen LogP contribution in [0.2, 0.25) is 0 Å². The molecule has 0 heterocycles. The first-order valence-electron chi connectivity index (χ1n) is 5.79. The summed E-state index contributed by atoms with van der Waals surface area (Å²) >= 11 is 5.60. The van der Waals surface area contributed by atoms with Gasteiger partial charge in [-0.1, -0.05) is 34.1 Å². The fourth-order valence-electron chi connectivity index (χ4n) is 2.24. The molecule has 1 aromatic rings. The smallest absolute Gasteiger partial charge is 0.0220 e. The second-order valence-corrected chi connectivity index (χ2v) is 6.33. The van der Waals surface area contributed by atoms with Gasteiger partial charge in [0.25, 0.3) is 0 Å². The third-order valence-corrected chi connectivity index (χ3v) is 5.13. The Morgan fingerprint density at radius 1 is 1.38 bits per heavy atom. The maximum atomic E-state index is 3.66. The average molecular weight is 300 g/mol. The third kappa shape index (κ3) is 3.25. The molecule has 1 fully saturated rings. The Hall–Kier alpha value is 0.01000. The van der Waals surface area contributed by atoms with Gasteiger partial charge in [0.05, 0.1) is 0 Å². The molecule has 1 saturated carbocycles. The van der Waals surface area contributed by atoms with E-state index < -0.39 is 0 Å². The van der Waals surface area contributed by atoms with Gasteiger partial charge in [0.2, 0.25) is 0 Å². The number of thioether (sulfide) groups is 1. The Balaban J connectivity index is 1.82. The lowest BCUT2D eigenvalue weighted by molar-refractivity contribution is 0.524. The van der Waals surface area contributed by atoms with Crippen LogP contribution in [0.15, 0.2) is 28.7 Å². The van der Waals surface area contributed by atoms with Gasteiger partial charge in [-0.15, -0.1) is 0 Å². The van der Waals surface area contributed by atoms with E-state index >= 15 is 0 Å². The number of hydrogen-bond donors (Lipinski definition) is 1. The zero-order valence-corrected chi connectivity index (χ0v) is 12.0. The van der Waals surface area contributed by atoms with Crippen molar-refractivity contribution < 1.29 is 0 Å². The summed E-state index contributed by atoms with van der Waals surface area (Å²) in [5.41, 5.74) is 1.36. The van der Waals surface area contributed by atoms with Crippen LogP contribution in [0, 0.1) is 0 Å². The van der Waals surface area contributed by atoms with Crippen molar-refractivity contribution in [1.29, 1.82) is 0 Å². The highest BCUT2D eigenvalue weighted by Gasteiger charge is 2.23. The zero-order chi connectivity index (χ0) is 11.4. The van der Waals surface area contributed by atoms with Gasteiger partial charge in [-0.25, -0.2) is 0 Å². The normalized spacial score (nSPS) is 24.9. The van der Waals surface area contributed by atoms with E-state index in [4.69, 9.17) is 0 Å². The van der Waals surface area contributed by atoms with Crippen molar-refractivity contribution in [3.8, 4) is 0 Å². The third-order valence-electron chi connectivity index (χ3n) is 3.26. The van der Waals surface area contributed by atoms with Crippen LogP contribution in [-0.2, 0) is 6.54 Å². The Labute approximate surface area is 111 Å². The van der Waals surface area contributed by atoms with Crippen LogP contribution in [0.4, 0.5) is 0 Å². The lowest BCUT2D eigenvalue weighted by Gasteiger charge is -2.13. The highest BCUT2D eigenvalue weighted by atomic mass is 79.9. The van der Waals surface area contributed by atoms with Gasteiger partial charge in [-0.3, -0.25) is 0 Å². The van der Waals surface area contributed by atoms with E-state index in [0.29, 0.717) is 6.04 Å². The molecule has 2 atom stereocenters. The molecule has 16 heavy (non-hydrogen) atoms. The zero-order valence-electron chi connectivity index (χ0n) is 9.58. The molecule has 3 heteroatoms. The van der Waals surface area contributed by atoms with Crippen molar-refractivity contribution in [3.63, 3.8) is 0 Å². The Morgan fingerprint density at radius 2 is 2.19 bits per heavy atom. The van der Waals surface area contributed by atoms with Crippen LogP contribution < -0.4 is 5.32 Å². The molecular formula is C13H18BrNS. The maximum Gasteiger partial charge on any atom is 0.0220 e. The molecule has 88 valence electrons. The fourth-order valence-corrected chi connectivity index (χ4v) is 3.46. The van der Waals surface area contributed by atoms with E-state index in [9.17, 15) is 0 Å². The summed E-state index contributed by atoms with van der Waals surface area (Å²) in [6, 6.07) is 9.16. The topological polar surface area (TPSA) is 12.0 Å². The summed E-state index contributed by atoms with van der Waals surface area (Å²) in [7, 11) is 0. The van der Waals surface area contributed by atoms with Crippen molar-refractivity contribution in [2.24, 2.45) is 0 Å². The molecule has 1 N–H and O–H groups in total. The Morgan fingerprint density at radius 3 is 2.88 bits per heavy atom. The molecule has 1 aromatic carbocycles. The first-order valence-corrected chi connectivity index (χ1v) is 7.87. The number of halogens is 1. The molecular weight excluding hydrogens is 282 g/mol. The van der Waals surface area contributed by atoms with Gasteiger partial charge in [0.1, 0.15) is 0 Å². The van der Waals surface area contributed by atoms with Gasteiger partial charge in [0, 0.05) is 22.3 Å². The van der Waals surface area contributed by atoms with Crippen molar-refractivity contribution in [2.45, 2.75) is 37.1 Å². The molecule has 0 aliphatic heterocycles. The van der Waals surface area contributed by atoms with E-state index in [1.807, 2.05) is 11.8 Å². The summed E-state index contributed by atoms with van der Waals surface area (Å²) in [6.07, 6.45) is 6.25. The van der Waals surface area contributed by atoms with Crippen molar-refractivity contribution >= 4 is 27.7 Å². The number of nitrogens with one attached hydrogen (secondary N) is 1. The van der Waals surface area contributed by atoms with Crippen LogP contribution in [0.1, 0.15) is 24.8 Å². The molecule has 1 nitrogen and oxygen atoms in total. The molecule has 2 unspecified atom stereocenters. The molecule has 0 saturated heterocycles. The second kappa shape index (κ2) is 6.08.